The fourth-order valence-electron chi connectivity index (χ4n) is 5.56. The zero-order valence-corrected chi connectivity index (χ0v) is 24.7. The number of aliphatic carboxylic acids is 2. The Labute approximate surface area is 249 Å². The number of aromatic amines is 2. The van der Waals surface area contributed by atoms with Crippen LogP contribution in [-0.4, -0.2) is 50.0 Å². The molecule has 0 aromatic carbocycles. The average Bonchev–Trinajstić information content (AvgIpc) is 3.59. The van der Waals surface area contributed by atoms with Crippen molar-refractivity contribution in [3.05, 3.63) is 97.6 Å². The topological polar surface area (TPSA) is 164 Å². The maximum atomic E-state index is 12.3. The predicted octanol–water partition coefficient (Wildman–Crippen LogP) is 2.58. The van der Waals surface area contributed by atoms with E-state index in [1.807, 2.05) is 39.0 Å². The normalized spacial score (nSPS) is 18.6. The summed E-state index contributed by atoms with van der Waals surface area (Å²) in [5.74, 6) is -2.27. The highest BCUT2D eigenvalue weighted by Gasteiger charge is 2.26. The largest absolute Gasteiger partial charge is 0.481 e. The summed E-state index contributed by atoms with van der Waals surface area (Å²) in [4.78, 5) is 54.4. The number of carbonyl (C=O) groups is 4. The van der Waals surface area contributed by atoms with Crippen molar-refractivity contribution in [1.29, 1.82) is 0 Å². The summed E-state index contributed by atoms with van der Waals surface area (Å²) < 4.78 is 0. The van der Waals surface area contributed by atoms with Crippen molar-refractivity contribution < 1.29 is 29.4 Å². The van der Waals surface area contributed by atoms with Crippen molar-refractivity contribution in [2.75, 3.05) is 0 Å². The van der Waals surface area contributed by atoms with Crippen LogP contribution in [-0.2, 0) is 32.0 Å². The molecule has 4 rings (SSSR count). The van der Waals surface area contributed by atoms with Gasteiger partial charge in [-0.15, -0.1) is 0 Å². The molecule has 0 fully saturated rings. The average molecular weight is 585 g/mol. The summed E-state index contributed by atoms with van der Waals surface area (Å²) in [5.41, 5.74) is 7.84. The van der Waals surface area contributed by atoms with E-state index in [0.717, 1.165) is 33.2 Å². The molecule has 2 amide bonds. The SMILES string of the molecule is C=CC1=C(C)C(=O)NC1=Cc1[nH]c(C=c2[nH]c(=CC3NC(=O)C(C=C)=C3C)c(C)c2CCC(=O)O)c(CCC(=O)O)c1C. The molecule has 0 aliphatic carbocycles. The fraction of sp³-hybridized carbons (Fsp3) is 0.273. The quantitative estimate of drug-likeness (QED) is 0.238. The Kier molecular flexibility index (Phi) is 8.89. The van der Waals surface area contributed by atoms with Gasteiger partial charge in [0.05, 0.1) is 11.7 Å². The van der Waals surface area contributed by atoms with Gasteiger partial charge < -0.3 is 30.8 Å². The number of hydrogen-bond donors (Lipinski definition) is 6. The molecule has 0 saturated heterocycles. The lowest BCUT2D eigenvalue weighted by atomic mass is 10.0. The Bertz CT molecular complexity index is 1790. The van der Waals surface area contributed by atoms with Gasteiger partial charge in [0.25, 0.3) is 11.8 Å². The number of amides is 2. The Morgan fingerprint density at radius 2 is 1.42 bits per heavy atom. The van der Waals surface area contributed by atoms with Gasteiger partial charge in [-0.3, -0.25) is 19.2 Å². The monoisotopic (exact) mass is 584 g/mol. The van der Waals surface area contributed by atoms with Crippen LogP contribution in [0.15, 0.2) is 53.3 Å². The van der Waals surface area contributed by atoms with Gasteiger partial charge in [-0.2, -0.15) is 0 Å². The minimum atomic E-state index is -0.933. The molecule has 1 atom stereocenters. The Balaban J connectivity index is 1.90. The summed E-state index contributed by atoms with van der Waals surface area (Å²) >= 11 is 0. The number of H-pyrrole nitrogens is 2. The van der Waals surface area contributed by atoms with E-state index in [9.17, 15) is 29.4 Å². The van der Waals surface area contributed by atoms with Crippen LogP contribution in [0.5, 0.6) is 0 Å². The van der Waals surface area contributed by atoms with Gasteiger partial charge in [0.2, 0.25) is 0 Å². The molecule has 2 aromatic heterocycles. The second-order valence-corrected chi connectivity index (χ2v) is 10.7. The number of allylic oxidation sites excluding steroid dienone is 1. The Morgan fingerprint density at radius 1 is 0.791 bits per heavy atom. The maximum Gasteiger partial charge on any atom is 0.303 e. The van der Waals surface area contributed by atoms with E-state index in [1.165, 1.54) is 6.08 Å². The van der Waals surface area contributed by atoms with Gasteiger partial charge in [-0.25, -0.2) is 0 Å². The van der Waals surface area contributed by atoms with Crippen LogP contribution in [0, 0.1) is 13.8 Å². The van der Waals surface area contributed by atoms with Crippen LogP contribution in [0.3, 0.4) is 0 Å². The summed E-state index contributed by atoms with van der Waals surface area (Å²) in [7, 11) is 0. The van der Waals surface area contributed by atoms with E-state index in [2.05, 4.69) is 33.8 Å². The highest BCUT2D eigenvalue weighted by molar-refractivity contribution is 6.02. The lowest BCUT2D eigenvalue weighted by Gasteiger charge is -2.06. The Morgan fingerprint density at radius 3 is 2.00 bits per heavy atom. The molecular weight excluding hydrogens is 548 g/mol. The molecule has 10 nitrogen and oxygen atoms in total. The molecule has 1 unspecified atom stereocenters. The van der Waals surface area contributed by atoms with Crippen LogP contribution in [0.4, 0.5) is 0 Å². The van der Waals surface area contributed by atoms with Crippen molar-refractivity contribution in [2.45, 2.75) is 59.4 Å². The van der Waals surface area contributed by atoms with Crippen molar-refractivity contribution in [1.82, 2.24) is 20.6 Å². The van der Waals surface area contributed by atoms with Gasteiger partial charge >= 0.3 is 11.9 Å². The molecule has 43 heavy (non-hydrogen) atoms. The number of nitrogens with one attached hydrogen (secondary N) is 4. The first kappa shape index (κ1) is 30.8. The molecule has 4 heterocycles. The van der Waals surface area contributed by atoms with Crippen LogP contribution < -0.4 is 21.3 Å². The predicted molar refractivity (Wildman–Crippen MR) is 164 cm³/mol. The second-order valence-electron chi connectivity index (χ2n) is 10.7. The molecule has 2 aromatic rings. The summed E-state index contributed by atoms with van der Waals surface area (Å²) in [6.07, 6.45) is 9.07. The standard InChI is InChI=1S/C33H36N4O6/c1-7-20-19(6)32(42)37-27(20)14-25-18(5)23(10-12-31(40)41)29(35-25)15-28-22(9-11-30(38)39)17(4)24(34-28)13-26-16(3)21(8-2)33(43)36-26/h7-8,13-15,26,34-35H,1-2,9-12H2,3-6H3,(H,36,43)(H,37,42)(H,38,39)(H,40,41). The number of carbonyl (C=O) groups excluding carboxylic acids is 2. The Hall–Kier alpha value is -5.12. The third kappa shape index (κ3) is 6.23. The van der Waals surface area contributed by atoms with Gasteiger partial charge in [-0.1, -0.05) is 25.3 Å². The van der Waals surface area contributed by atoms with Crippen LogP contribution in [0.25, 0.3) is 18.2 Å². The van der Waals surface area contributed by atoms with Crippen LogP contribution in [0.1, 0.15) is 60.3 Å². The number of carboxylic acid groups (broad SMARTS) is 2. The highest BCUT2D eigenvalue weighted by atomic mass is 16.4. The molecule has 224 valence electrons. The number of rotatable bonds is 11. The van der Waals surface area contributed by atoms with Gasteiger partial charge in [-0.05, 0) is 86.6 Å². The van der Waals surface area contributed by atoms with Crippen LogP contribution >= 0.6 is 0 Å². The first-order chi connectivity index (χ1) is 20.4. The smallest absolute Gasteiger partial charge is 0.303 e. The van der Waals surface area contributed by atoms with E-state index in [0.29, 0.717) is 39.2 Å². The molecule has 2 aliphatic heterocycles. The van der Waals surface area contributed by atoms with Gasteiger partial charge in [0.15, 0.2) is 0 Å². The van der Waals surface area contributed by atoms with Crippen LogP contribution in [0.2, 0.25) is 0 Å². The molecule has 0 saturated carbocycles. The molecule has 0 spiro atoms. The van der Waals surface area contributed by atoms with E-state index in [1.54, 1.807) is 13.0 Å². The van der Waals surface area contributed by atoms with E-state index >= 15 is 0 Å². The number of aromatic nitrogens is 2. The first-order valence-corrected chi connectivity index (χ1v) is 13.9. The van der Waals surface area contributed by atoms with Crippen molar-refractivity contribution >= 4 is 42.0 Å². The van der Waals surface area contributed by atoms with E-state index < -0.39 is 11.9 Å². The summed E-state index contributed by atoms with van der Waals surface area (Å²) in [5, 5.41) is 26.0. The maximum absolute atomic E-state index is 12.3. The van der Waals surface area contributed by atoms with Crippen molar-refractivity contribution in [3.8, 4) is 0 Å². The molecule has 6 N–H and O–H groups in total. The van der Waals surface area contributed by atoms with Crippen molar-refractivity contribution in [2.24, 2.45) is 0 Å². The highest BCUT2D eigenvalue weighted by Crippen LogP contribution is 2.27. The fourth-order valence-corrected chi connectivity index (χ4v) is 5.56. The number of hydrogen-bond acceptors (Lipinski definition) is 4. The molecular formula is C33H36N4O6. The van der Waals surface area contributed by atoms with E-state index in [-0.39, 0.29) is 43.5 Å². The lowest BCUT2D eigenvalue weighted by molar-refractivity contribution is -0.138. The van der Waals surface area contributed by atoms with E-state index in [4.69, 9.17) is 0 Å². The zero-order chi connectivity index (χ0) is 31.6. The second kappa shape index (κ2) is 12.4. The number of carboxylic acids is 2. The third-order valence-electron chi connectivity index (χ3n) is 8.10. The van der Waals surface area contributed by atoms with Gasteiger partial charge in [0, 0.05) is 51.6 Å². The zero-order valence-electron chi connectivity index (χ0n) is 24.7. The lowest BCUT2D eigenvalue weighted by Crippen LogP contribution is -2.29. The summed E-state index contributed by atoms with van der Waals surface area (Å²) in [6, 6.07) is -0.354. The molecule has 0 radical (unpaired) electrons. The minimum absolute atomic E-state index is 0.0820. The summed E-state index contributed by atoms with van der Waals surface area (Å²) in [6.45, 7) is 14.9. The molecule has 10 heteroatoms. The minimum Gasteiger partial charge on any atom is -0.481 e. The van der Waals surface area contributed by atoms with Gasteiger partial charge in [0.1, 0.15) is 0 Å². The molecule has 2 aliphatic rings. The van der Waals surface area contributed by atoms with Crippen molar-refractivity contribution in [3.63, 3.8) is 0 Å². The first-order valence-electron chi connectivity index (χ1n) is 13.9. The molecule has 0 bridgehead atoms. The third-order valence-corrected chi connectivity index (χ3v) is 8.10.